The molecule has 2 rings (SSSR count). The van der Waals surface area contributed by atoms with Crippen LogP contribution in [-0.4, -0.2) is 50.7 Å². The summed E-state index contributed by atoms with van der Waals surface area (Å²) in [5.41, 5.74) is 0.627. The molecule has 0 saturated heterocycles. The van der Waals surface area contributed by atoms with Crippen LogP contribution in [0.5, 0.6) is 0 Å². The van der Waals surface area contributed by atoms with Gasteiger partial charge in [0.15, 0.2) is 0 Å². The van der Waals surface area contributed by atoms with E-state index in [9.17, 15) is 9.59 Å². The van der Waals surface area contributed by atoms with Gasteiger partial charge in [-0.2, -0.15) is 15.0 Å². The number of carbonyl (C=O) groups is 2. The lowest BCUT2D eigenvalue weighted by molar-refractivity contribution is -0.136. The summed E-state index contributed by atoms with van der Waals surface area (Å²) in [7, 11) is 1.63. The molecule has 0 saturated carbocycles. The minimum absolute atomic E-state index is 0.0794. The fourth-order valence-electron chi connectivity index (χ4n) is 1.76. The Morgan fingerprint density at radius 2 is 1.79 bits per heavy atom. The van der Waals surface area contributed by atoms with Crippen LogP contribution in [0.2, 0.25) is 0 Å². The second-order valence-electron chi connectivity index (χ2n) is 4.64. The fraction of sp³-hybridized carbons (Fsp3) is 0.214. The molecule has 1 heterocycles. The van der Waals surface area contributed by atoms with E-state index in [-0.39, 0.29) is 36.4 Å². The van der Waals surface area contributed by atoms with Gasteiger partial charge in [-0.1, -0.05) is 6.07 Å². The number of nitrogens with zero attached hydrogens (tertiary/aromatic N) is 3. The molecule has 10 heteroatoms. The molecule has 1 aromatic heterocycles. The van der Waals surface area contributed by atoms with E-state index in [1.807, 2.05) is 0 Å². The maximum atomic E-state index is 11.0. The predicted molar refractivity (Wildman–Crippen MR) is 86.8 cm³/mol. The van der Waals surface area contributed by atoms with Gasteiger partial charge in [0.05, 0.1) is 12.0 Å². The first-order valence-electron chi connectivity index (χ1n) is 6.98. The summed E-state index contributed by atoms with van der Waals surface area (Å²) in [6.07, 6.45) is -0.0794. The highest BCUT2D eigenvalue weighted by Gasteiger charge is 2.08. The van der Waals surface area contributed by atoms with E-state index in [1.165, 1.54) is 12.1 Å². The molecule has 0 amide bonds. The molecule has 126 valence electrons. The number of aromatic nitrogens is 3. The quantitative estimate of drug-likeness (QED) is 0.478. The first-order valence-corrected chi connectivity index (χ1v) is 6.98. The number of carboxylic acids is 2. The third-order valence-electron chi connectivity index (χ3n) is 2.85. The Labute approximate surface area is 137 Å². The zero-order valence-electron chi connectivity index (χ0n) is 12.8. The van der Waals surface area contributed by atoms with Crippen molar-refractivity contribution in [3.05, 3.63) is 29.8 Å². The molecule has 0 aliphatic carbocycles. The molecule has 0 spiro atoms. The number of aromatic carboxylic acids is 1. The van der Waals surface area contributed by atoms with Crippen LogP contribution >= 0.6 is 0 Å². The summed E-state index contributed by atoms with van der Waals surface area (Å²) in [4.78, 5) is 33.8. The number of benzene rings is 1. The highest BCUT2D eigenvalue weighted by molar-refractivity contribution is 5.89. The van der Waals surface area contributed by atoms with Gasteiger partial charge >= 0.3 is 11.9 Å². The van der Waals surface area contributed by atoms with Gasteiger partial charge in [0.1, 0.15) is 0 Å². The third kappa shape index (κ3) is 4.80. The van der Waals surface area contributed by atoms with Crippen LogP contribution in [0, 0.1) is 0 Å². The van der Waals surface area contributed by atoms with Gasteiger partial charge in [0, 0.05) is 19.3 Å². The standard InChI is InChI=1S/C14H16N6O4/c1-15-12-18-13(16-6-5-10(21)22)20-14(19-12)17-9-4-2-3-8(7-9)11(23)24/h2-4,7H,5-6H2,1H3,(H,21,22)(H,23,24)(H3,15,16,17,18,19,20). The molecule has 0 radical (unpaired) electrons. The van der Waals surface area contributed by atoms with Gasteiger partial charge in [-0.25, -0.2) is 4.79 Å². The van der Waals surface area contributed by atoms with Crippen molar-refractivity contribution in [1.82, 2.24) is 15.0 Å². The van der Waals surface area contributed by atoms with Crippen LogP contribution in [0.15, 0.2) is 24.3 Å². The lowest BCUT2D eigenvalue weighted by Gasteiger charge is -2.10. The maximum Gasteiger partial charge on any atom is 0.335 e. The van der Waals surface area contributed by atoms with E-state index >= 15 is 0 Å². The Kier molecular flexibility index (Phi) is 5.45. The number of aliphatic carboxylic acids is 1. The summed E-state index contributed by atoms with van der Waals surface area (Å²) < 4.78 is 0. The Balaban J connectivity index is 2.18. The number of rotatable bonds is 8. The lowest BCUT2D eigenvalue weighted by atomic mass is 10.2. The first kappa shape index (κ1) is 16.9. The van der Waals surface area contributed by atoms with Crippen molar-refractivity contribution in [1.29, 1.82) is 0 Å². The molecule has 0 atom stereocenters. The van der Waals surface area contributed by atoms with E-state index in [0.29, 0.717) is 5.69 Å². The summed E-state index contributed by atoms with van der Waals surface area (Å²) >= 11 is 0. The van der Waals surface area contributed by atoms with E-state index in [1.54, 1.807) is 19.2 Å². The molecule has 0 fully saturated rings. The van der Waals surface area contributed by atoms with Crippen molar-refractivity contribution >= 4 is 35.5 Å². The SMILES string of the molecule is CNc1nc(NCCC(=O)O)nc(Nc2cccc(C(=O)O)c2)n1. The normalized spacial score (nSPS) is 10.0. The van der Waals surface area contributed by atoms with Crippen molar-refractivity contribution in [3.8, 4) is 0 Å². The highest BCUT2D eigenvalue weighted by Crippen LogP contribution is 2.17. The Hall–Kier alpha value is -3.43. The largest absolute Gasteiger partial charge is 0.481 e. The van der Waals surface area contributed by atoms with Crippen LogP contribution in [0.4, 0.5) is 23.5 Å². The zero-order chi connectivity index (χ0) is 17.5. The van der Waals surface area contributed by atoms with Crippen LogP contribution in [-0.2, 0) is 4.79 Å². The average molecular weight is 332 g/mol. The Morgan fingerprint density at radius 3 is 2.46 bits per heavy atom. The monoisotopic (exact) mass is 332 g/mol. The molecule has 1 aromatic carbocycles. The molecule has 5 N–H and O–H groups in total. The second kappa shape index (κ2) is 7.72. The number of hydrogen-bond donors (Lipinski definition) is 5. The topological polar surface area (TPSA) is 149 Å². The smallest absolute Gasteiger partial charge is 0.335 e. The van der Waals surface area contributed by atoms with E-state index in [4.69, 9.17) is 10.2 Å². The van der Waals surface area contributed by atoms with Crippen molar-refractivity contribution in [3.63, 3.8) is 0 Å². The molecule has 2 aromatic rings. The molecule has 0 bridgehead atoms. The van der Waals surface area contributed by atoms with Crippen LogP contribution in [0.3, 0.4) is 0 Å². The van der Waals surface area contributed by atoms with Crippen molar-refractivity contribution < 1.29 is 19.8 Å². The minimum atomic E-state index is -1.04. The predicted octanol–water partition coefficient (Wildman–Crippen LogP) is 1.24. The molecule has 0 unspecified atom stereocenters. The van der Waals surface area contributed by atoms with Gasteiger partial charge in [-0.05, 0) is 18.2 Å². The summed E-state index contributed by atoms with van der Waals surface area (Å²) in [6, 6.07) is 6.19. The van der Waals surface area contributed by atoms with Crippen molar-refractivity contribution in [2.24, 2.45) is 0 Å². The molecule has 0 aliphatic heterocycles. The summed E-state index contributed by atoms with van der Waals surface area (Å²) in [5, 5.41) is 26.1. The third-order valence-corrected chi connectivity index (χ3v) is 2.85. The maximum absolute atomic E-state index is 11.0. The molecular formula is C14H16N6O4. The van der Waals surface area contributed by atoms with Gasteiger partial charge < -0.3 is 26.2 Å². The van der Waals surface area contributed by atoms with Crippen LogP contribution in [0.25, 0.3) is 0 Å². The van der Waals surface area contributed by atoms with Gasteiger partial charge in [-0.3, -0.25) is 4.79 Å². The van der Waals surface area contributed by atoms with E-state index in [0.717, 1.165) is 0 Å². The first-order chi connectivity index (χ1) is 11.5. The second-order valence-corrected chi connectivity index (χ2v) is 4.64. The summed E-state index contributed by atoms with van der Waals surface area (Å²) in [6.45, 7) is 0.163. The van der Waals surface area contributed by atoms with Crippen molar-refractivity contribution in [2.75, 3.05) is 29.5 Å². The number of nitrogens with one attached hydrogen (secondary N) is 3. The number of hydrogen-bond acceptors (Lipinski definition) is 8. The van der Waals surface area contributed by atoms with Crippen molar-refractivity contribution in [2.45, 2.75) is 6.42 Å². The zero-order valence-corrected chi connectivity index (χ0v) is 12.8. The lowest BCUT2D eigenvalue weighted by Crippen LogP contribution is -2.12. The molecule has 24 heavy (non-hydrogen) atoms. The fourth-order valence-corrected chi connectivity index (χ4v) is 1.76. The van der Waals surface area contributed by atoms with Gasteiger partial charge in [0.25, 0.3) is 0 Å². The molecular weight excluding hydrogens is 316 g/mol. The minimum Gasteiger partial charge on any atom is -0.481 e. The Bertz CT molecular complexity index is 752. The highest BCUT2D eigenvalue weighted by atomic mass is 16.4. The van der Waals surface area contributed by atoms with Crippen LogP contribution in [0.1, 0.15) is 16.8 Å². The number of anilines is 4. The van der Waals surface area contributed by atoms with Gasteiger partial charge in [-0.15, -0.1) is 0 Å². The summed E-state index contributed by atoms with van der Waals surface area (Å²) in [5.74, 6) is -1.31. The average Bonchev–Trinajstić information content (AvgIpc) is 2.54. The van der Waals surface area contributed by atoms with E-state index < -0.39 is 11.9 Å². The van der Waals surface area contributed by atoms with Crippen LogP contribution < -0.4 is 16.0 Å². The number of carboxylic acid groups (broad SMARTS) is 2. The van der Waals surface area contributed by atoms with E-state index in [2.05, 4.69) is 30.9 Å². The molecule has 10 nitrogen and oxygen atoms in total. The van der Waals surface area contributed by atoms with Gasteiger partial charge in [0.2, 0.25) is 17.8 Å². The molecule has 0 aliphatic rings. The Morgan fingerprint density at radius 1 is 1.08 bits per heavy atom.